The molecule has 0 radical (unpaired) electrons. The van der Waals surface area contributed by atoms with Gasteiger partial charge in [0.2, 0.25) is 0 Å². The highest BCUT2D eigenvalue weighted by Gasteiger charge is 2.17. The number of nitrogens with zero attached hydrogens (tertiary/aromatic N) is 4. The highest BCUT2D eigenvalue weighted by Crippen LogP contribution is 2.26. The Hall–Kier alpha value is -3.67. The Morgan fingerprint density at radius 3 is 2.62 bits per heavy atom. The predicted octanol–water partition coefficient (Wildman–Crippen LogP) is 4.91. The topological polar surface area (TPSA) is 60.2 Å². The number of aromatic nitrogens is 3. The zero-order valence-electron chi connectivity index (χ0n) is 18.7. The molecule has 1 amide bonds. The molecule has 0 saturated carbocycles. The molecule has 0 spiro atoms. The van der Waals surface area contributed by atoms with Crippen LogP contribution in [0.2, 0.25) is 0 Å². The molecule has 6 nitrogen and oxygen atoms in total. The summed E-state index contributed by atoms with van der Waals surface area (Å²) in [6, 6.07) is 19.7. The number of para-hydroxylation sites is 3. The van der Waals surface area contributed by atoms with Crippen molar-refractivity contribution in [1.29, 1.82) is 0 Å². The molecule has 4 rings (SSSR count). The van der Waals surface area contributed by atoms with Crippen molar-refractivity contribution >= 4 is 16.9 Å². The van der Waals surface area contributed by atoms with Gasteiger partial charge in [-0.3, -0.25) is 9.78 Å². The molecule has 4 aromatic rings. The van der Waals surface area contributed by atoms with Crippen LogP contribution in [0.5, 0.6) is 5.75 Å². The quantitative estimate of drug-likeness (QED) is 0.400. The number of carbonyl (C=O) groups is 1. The van der Waals surface area contributed by atoms with E-state index in [9.17, 15) is 4.79 Å². The zero-order chi connectivity index (χ0) is 22.5. The Balaban J connectivity index is 1.54. The lowest BCUT2D eigenvalue weighted by Crippen LogP contribution is -2.28. The van der Waals surface area contributed by atoms with Gasteiger partial charge in [-0.05, 0) is 41.8 Å². The third kappa shape index (κ3) is 4.64. The SMILES string of the molecule is CC(C)c1ccccc1OCCn1c(CN(C)C(=O)c2cccnc2)nc2ccccc21. The molecule has 0 aliphatic carbocycles. The molecule has 164 valence electrons. The van der Waals surface area contributed by atoms with E-state index in [-0.39, 0.29) is 5.91 Å². The van der Waals surface area contributed by atoms with Crippen molar-refractivity contribution in [3.8, 4) is 5.75 Å². The maximum absolute atomic E-state index is 12.8. The van der Waals surface area contributed by atoms with Crippen molar-refractivity contribution in [1.82, 2.24) is 19.4 Å². The molecule has 0 unspecified atom stereocenters. The standard InChI is InChI=1S/C26H28N4O2/c1-19(2)21-10-4-7-13-24(21)32-16-15-30-23-12-6-5-11-22(23)28-25(30)18-29(3)26(31)20-9-8-14-27-17-20/h4-14,17,19H,15-16,18H2,1-3H3. The summed E-state index contributed by atoms with van der Waals surface area (Å²) in [6.45, 7) is 5.87. The van der Waals surface area contributed by atoms with Crippen LogP contribution < -0.4 is 4.74 Å². The molecule has 0 bridgehead atoms. The Labute approximate surface area is 188 Å². The van der Waals surface area contributed by atoms with E-state index in [1.165, 1.54) is 5.56 Å². The first-order valence-electron chi connectivity index (χ1n) is 10.9. The van der Waals surface area contributed by atoms with Gasteiger partial charge in [0.1, 0.15) is 18.2 Å². The monoisotopic (exact) mass is 428 g/mol. The molecular formula is C26H28N4O2. The smallest absolute Gasteiger partial charge is 0.255 e. The van der Waals surface area contributed by atoms with Gasteiger partial charge in [-0.25, -0.2) is 4.98 Å². The Kier molecular flexibility index (Phi) is 6.50. The molecule has 6 heteroatoms. The minimum Gasteiger partial charge on any atom is -0.491 e. The minimum atomic E-state index is -0.0844. The van der Waals surface area contributed by atoms with Crippen molar-refractivity contribution < 1.29 is 9.53 Å². The number of amides is 1. The highest BCUT2D eigenvalue weighted by atomic mass is 16.5. The lowest BCUT2D eigenvalue weighted by molar-refractivity contribution is 0.0779. The van der Waals surface area contributed by atoms with Crippen molar-refractivity contribution in [3.05, 3.63) is 90.0 Å². The number of hydrogen-bond acceptors (Lipinski definition) is 4. The Morgan fingerprint density at radius 1 is 1.06 bits per heavy atom. The lowest BCUT2D eigenvalue weighted by Gasteiger charge is -2.19. The molecule has 0 N–H and O–H groups in total. The van der Waals surface area contributed by atoms with Gasteiger partial charge >= 0.3 is 0 Å². The van der Waals surface area contributed by atoms with Gasteiger partial charge in [0.05, 0.1) is 29.7 Å². The van der Waals surface area contributed by atoms with Crippen LogP contribution in [0.25, 0.3) is 11.0 Å². The van der Waals surface area contributed by atoms with Crippen molar-refractivity contribution in [2.75, 3.05) is 13.7 Å². The highest BCUT2D eigenvalue weighted by molar-refractivity contribution is 5.93. The van der Waals surface area contributed by atoms with Crippen LogP contribution in [0.1, 0.15) is 41.5 Å². The van der Waals surface area contributed by atoms with E-state index < -0.39 is 0 Å². The number of pyridine rings is 1. The van der Waals surface area contributed by atoms with Gasteiger partial charge in [-0.2, -0.15) is 0 Å². The van der Waals surface area contributed by atoms with Crippen LogP contribution in [0, 0.1) is 0 Å². The molecule has 0 aliphatic rings. The predicted molar refractivity (Wildman–Crippen MR) is 126 cm³/mol. The minimum absolute atomic E-state index is 0.0844. The van der Waals surface area contributed by atoms with Gasteiger partial charge in [0.25, 0.3) is 5.91 Å². The maximum atomic E-state index is 12.8. The van der Waals surface area contributed by atoms with Crippen molar-refractivity contribution in [2.45, 2.75) is 32.9 Å². The molecule has 32 heavy (non-hydrogen) atoms. The summed E-state index contributed by atoms with van der Waals surface area (Å²) >= 11 is 0. The molecule has 2 heterocycles. The first-order valence-corrected chi connectivity index (χ1v) is 10.9. The zero-order valence-corrected chi connectivity index (χ0v) is 18.7. The van der Waals surface area contributed by atoms with Crippen LogP contribution in [0.3, 0.4) is 0 Å². The number of ether oxygens (including phenoxy) is 1. The summed E-state index contributed by atoms with van der Waals surface area (Å²) in [7, 11) is 1.79. The second kappa shape index (κ2) is 9.64. The molecular weight excluding hydrogens is 400 g/mol. The third-order valence-electron chi connectivity index (χ3n) is 5.48. The Bertz CT molecular complexity index is 1200. The number of fused-ring (bicyclic) bond motifs is 1. The maximum Gasteiger partial charge on any atom is 0.255 e. The number of rotatable bonds is 8. The number of hydrogen-bond donors (Lipinski definition) is 0. The molecule has 0 fully saturated rings. The second-order valence-corrected chi connectivity index (χ2v) is 8.11. The van der Waals surface area contributed by atoms with Crippen LogP contribution >= 0.6 is 0 Å². The number of imidazole rings is 1. The summed E-state index contributed by atoms with van der Waals surface area (Å²) in [4.78, 5) is 23.3. The fourth-order valence-electron chi connectivity index (χ4n) is 3.83. The Morgan fingerprint density at radius 2 is 1.84 bits per heavy atom. The molecule has 2 aromatic carbocycles. The van der Waals surface area contributed by atoms with Crippen LogP contribution in [0.4, 0.5) is 0 Å². The summed E-state index contributed by atoms with van der Waals surface area (Å²) in [5, 5.41) is 0. The van der Waals surface area contributed by atoms with E-state index in [4.69, 9.17) is 9.72 Å². The number of benzene rings is 2. The average Bonchev–Trinajstić information content (AvgIpc) is 3.16. The fraction of sp³-hybridized carbons (Fsp3) is 0.269. The summed E-state index contributed by atoms with van der Waals surface area (Å²) in [5.41, 5.74) is 3.70. The van der Waals surface area contributed by atoms with E-state index in [1.807, 2.05) is 36.4 Å². The van der Waals surface area contributed by atoms with E-state index in [2.05, 4.69) is 35.5 Å². The van der Waals surface area contributed by atoms with Gasteiger partial charge < -0.3 is 14.2 Å². The fourth-order valence-corrected chi connectivity index (χ4v) is 3.83. The van der Waals surface area contributed by atoms with Gasteiger partial charge in [-0.1, -0.05) is 44.2 Å². The van der Waals surface area contributed by atoms with E-state index in [0.717, 1.165) is 22.6 Å². The molecule has 2 aromatic heterocycles. The van der Waals surface area contributed by atoms with Crippen molar-refractivity contribution in [2.24, 2.45) is 0 Å². The molecule has 0 aliphatic heterocycles. The van der Waals surface area contributed by atoms with Crippen LogP contribution in [-0.4, -0.2) is 39.0 Å². The normalized spacial score (nSPS) is 11.1. The van der Waals surface area contributed by atoms with Crippen LogP contribution in [-0.2, 0) is 13.1 Å². The summed E-state index contributed by atoms with van der Waals surface area (Å²) in [5.74, 6) is 2.05. The lowest BCUT2D eigenvalue weighted by atomic mass is 10.0. The summed E-state index contributed by atoms with van der Waals surface area (Å²) in [6.07, 6.45) is 3.25. The van der Waals surface area contributed by atoms with Gasteiger partial charge in [-0.15, -0.1) is 0 Å². The third-order valence-corrected chi connectivity index (χ3v) is 5.48. The van der Waals surface area contributed by atoms with E-state index >= 15 is 0 Å². The summed E-state index contributed by atoms with van der Waals surface area (Å²) < 4.78 is 8.30. The molecule has 0 saturated heterocycles. The second-order valence-electron chi connectivity index (χ2n) is 8.11. The van der Waals surface area contributed by atoms with E-state index in [0.29, 0.717) is 31.2 Å². The van der Waals surface area contributed by atoms with Crippen LogP contribution in [0.15, 0.2) is 73.1 Å². The van der Waals surface area contributed by atoms with Gasteiger partial charge in [0, 0.05) is 19.4 Å². The number of carbonyl (C=O) groups excluding carboxylic acids is 1. The van der Waals surface area contributed by atoms with E-state index in [1.54, 1.807) is 36.5 Å². The molecule has 0 atom stereocenters. The first-order chi connectivity index (χ1) is 15.5. The van der Waals surface area contributed by atoms with Gasteiger partial charge in [0.15, 0.2) is 0 Å². The largest absolute Gasteiger partial charge is 0.491 e. The van der Waals surface area contributed by atoms with Crippen molar-refractivity contribution in [3.63, 3.8) is 0 Å². The average molecular weight is 429 g/mol. The first kappa shape index (κ1) is 21.6.